The molecule has 2 heterocycles. The molecule has 2 aromatic rings. The van der Waals surface area contributed by atoms with Crippen molar-refractivity contribution in [2.75, 3.05) is 30.9 Å². The number of methoxy groups -OCH3 is 1. The molecule has 3 N–H and O–H groups in total. The van der Waals surface area contributed by atoms with Gasteiger partial charge in [0.05, 0.1) is 17.2 Å². The number of nitrogens with two attached hydrogens (primary N) is 1. The van der Waals surface area contributed by atoms with Crippen molar-refractivity contribution in [3.8, 4) is 0 Å². The molecule has 0 atom stereocenters. The van der Waals surface area contributed by atoms with Crippen LogP contribution >= 0.6 is 11.3 Å². The predicted octanol–water partition coefficient (Wildman–Crippen LogP) is 2.40. The zero-order chi connectivity index (χ0) is 20.8. The fourth-order valence-electron chi connectivity index (χ4n) is 2.96. The largest absolute Gasteiger partial charge is 0.385 e. The Labute approximate surface area is 169 Å². The van der Waals surface area contributed by atoms with Crippen LogP contribution in [0.1, 0.15) is 50.7 Å². The number of hydrogen-bond acceptors (Lipinski definition) is 7. The fourth-order valence-corrected chi connectivity index (χ4v) is 3.78. The molecule has 0 spiro atoms. The Morgan fingerprint density at radius 3 is 2.61 bits per heavy atom. The summed E-state index contributed by atoms with van der Waals surface area (Å²) in [6.07, 6.45) is 0.722. The van der Waals surface area contributed by atoms with Gasteiger partial charge in [-0.15, -0.1) is 11.3 Å². The van der Waals surface area contributed by atoms with E-state index in [1.54, 1.807) is 18.4 Å². The van der Waals surface area contributed by atoms with Crippen molar-refractivity contribution in [1.29, 1.82) is 0 Å². The summed E-state index contributed by atoms with van der Waals surface area (Å²) in [5.41, 5.74) is 6.54. The lowest BCUT2D eigenvalue weighted by Gasteiger charge is -2.26. The molecule has 0 aliphatic heterocycles. The zero-order valence-electron chi connectivity index (χ0n) is 17.3. The van der Waals surface area contributed by atoms with Gasteiger partial charge in [-0.3, -0.25) is 14.3 Å². The van der Waals surface area contributed by atoms with Crippen LogP contribution in [0.2, 0.25) is 0 Å². The van der Waals surface area contributed by atoms with Crippen molar-refractivity contribution in [1.82, 2.24) is 14.5 Å². The van der Waals surface area contributed by atoms with Crippen LogP contribution in [0.3, 0.4) is 0 Å². The quantitative estimate of drug-likeness (QED) is 0.584. The molecule has 2 rings (SSSR count). The zero-order valence-corrected chi connectivity index (χ0v) is 18.1. The molecule has 9 heteroatoms. The summed E-state index contributed by atoms with van der Waals surface area (Å²) in [4.78, 5) is 33.9. The maximum atomic E-state index is 12.6. The third-order valence-corrected chi connectivity index (χ3v) is 5.46. The number of ether oxygens (including phenoxy) is 1. The molecular formula is C19H31N5O3S. The molecule has 0 aliphatic rings. The molecule has 0 saturated carbocycles. The summed E-state index contributed by atoms with van der Waals surface area (Å²) in [5.74, 6) is 0.758. The molecule has 156 valence electrons. The van der Waals surface area contributed by atoms with Gasteiger partial charge in [0, 0.05) is 38.1 Å². The second kappa shape index (κ2) is 9.88. The smallest absolute Gasteiger partial charge is 0.330 e. The van der Waals surface area contributed by atoms with Crippen LogP contribution in [-0.2, 0) is 17.8 Å². The van der Waals surface area contributed by atoms with E-state index in [2.05, 4.69) is 23.8 Å². The number of nitrogens with one attached hydrogen (secondary N) is 1. The van der Waals surface area contributed by atoms with Gasteiger partial charge < -0.3 is 15.4 Å². The fraction of sp³-hybridized carbons (Fsp3) is 0.632. The molecule has 0 radical (unpaired) electrons. The number of hydrogen-bond donors (Lipinski definition) is 2. The van der Waals surface area contributed by atoms with E-state index in [-0.39, 0.29) is 11.7 Å². The number of rotatable bonds is 10. The Morgan fingerprint density at radius 2 is 2.04 bits per heavy atom. The maximum absolute atomic E-state index is 12.6. The number of H-pyrrole nitrogens is 1. The van der Waals surface area contributed by atoms with Crippen molar-refractivity contribution in [3.05, 3.63) is 36.9 Å². The lowest BCUT2D eigenvalue weighted by molar-refractivity contribution is 0.196. The van der Waals surface area contributed by atoms with Crippen LogP contribution in [0.25, 0.3) is 0 Å². The summed E-state index contributed by atoms with van der Waals surface area (Å²) in [5, 5.41) is 3.06. The first kappa shape index (κ1) is 22.2. The second-order valence-electron chi connectivity index (χ2n) is 7.60. The standard InChI is InChI=1S/C19H31N5O3S/c1-12(2)9-24-16(20)15(17(25)22-19(24)26)23(7-6-8-27-5)10-14-11-28-18(21-14)13(3)4/h11-13H,6-10,20H2,1-5H3,(H,22,25,26). The van der Waals surface area contributed by atoms with E-state index in [0.29, 0.717) is 37.8 Å². The van der Waals surface area contributed by atoms with Crippen molar-refractivity contribution < 1.29 is 4.74 Å². The summed E-state index contributed by atoms with van der Waals surface area (Å²) in [7, 11) is 1.64. The van der Waals surface area contributed by atoms with E-state index in [1.165, 1.54) is 4.57 Å². The van der Waals surface area contributed by atoms with E-state index in [1.807, 2.05) is 24.1 Å². The average Bonchev–Trinajstić information content (AvgIpc) is 3.07. The minimum absolute atomic E-state index is 0.194. The lowest BCUT2D eigenvalue weighted by Crippen LogP contribution is -2.39. The first-order valence-corrected chi connectivity index (χ1v) is 10.4. The Bertz CT molecular complexity index is 884. The number of anilines is 2. The Hall–Kier alpha value is -2.13. The Kier molecular flexibility index (Phi) is 7.82. The van der Waals surface area contributed by atoms with E-state index >= 15 is 0 Å². The summed E-state index contributed by atoms with van der Waals surface area (Å²) in [6.45, 7) is 10.2. The lowest BCUT2D eigenvalue weighted by atomic mass is 10.2. The third kappa shape index (κ3) is 5.45. The van der Waals surface area contributed by atoms with Gasteiger partial charge in [-0.25, -0.2) is 9.78 Å². The highest BCUT2D eigenvalue weighted by atomic mass is 32.1. The summed E-state index contributed by atoms with van der Waals surface area (Å²) in [6, 6.07) is 0. The van der Waals surface area contributed by atoms with Crippen LogP contribution < -0.4 is 21.9 Å². The second-order valence-corrected chi connectivity index (χ2v) is 8.49. The average molecular weight is 410 g/mol. The van der Waals surface area contributed by atoms with Crippen molar-refractivity contribution in [3.63, 3.8) is 0 Å². The van der Waals surface area contributed by atoms with Crippen molar-refractivity contribution in [2.24, 2.45) is 5.92 Å². The van der Waals surface area contributed by atoms with Crippen LogP contribution in [0, 0.1) is 5.92 Å². The highest BCUT2D eigenvalue weighted by Gasteiger charge is 2.20. The number of thiazole rings is 1. The highest BCUT2D eigenvalue weighted by Crippen LogP contribution is 2.23. The predicted molar refractivity (Wildman–Crippen MR) is 114 cm³/mol. The highest BCUT2D eigenvalue weighted by molar-refractivity contribution is 7.09. The molecule has 0 unspecified atom stereocenters. The Morgan fingerprint density at radius 1 is 1.32 bits per heavy atom. The van der Waals surface area contributed by atoms with Gasteiger partial charge in [-0.05, 0) is 12.3 Å². The molecular weight excluding hydrogens is 378 g/mol. The van der Waals surface area contributed by atoms with Crippen LogP contribution in [0.4, 0.5) is 11.5 Å². The van der Waals surface area contributed by atoms with Crippen LogP contribution in [0.15, 0.2) is 15.0 Å². The van der Waals surface area contributed by atoms with Gasteiger partial charge in [0.2, 0.25) is 0 Å². The third-order valence-electron chi connectivity index (χ3n) is 4.27. The van der Waals surface area contributed by atoms with Gasteiger partial charge >= 0.3 is 5.69 Å². The minimum Gasteiger partial charge on any atom is -0.385 e. The monoisotopic (exact) mass is 409 g/mol. The number of nitrogens with zero attached hydrogens (tertiary/aromatic N) is 3. The molecule has 0 bridgehead atoms. The maximum Gasteiger partial charge on any atom is 0.330 e. The van der Waals surface area contributed by atoms with Gasteiger partial charge in [-0.2, -0.15) is 0 Å². The molecule has 0 amide bonds. The first-order chi connectivity index (χ1) is 13.2. The van der Waals surface area contributed by atoms with Gasteiger partial charge in [-0.1, -0.05) is 27.7 Å². The summed E-state index contributed by atoms with van der Waals surface area (Å²) < 4.78 is 6.59. The molecule has 0 aliphatic carbocycles. The van der Waals surface area contributed by atoms with E-state index < -0.39 is 11.2 Å². The molecule has 8 nitrogen and oxygen atoms in total. The normalized spacial score (nSPS) is 11.5. The first-order valence-electron chi connectivity index (χ1n) is 9.55. The number of aromatic nitrogens is 3. The molecule has 0 aromatic carbocycles. The van der Waals surface area contributed by atoms with E-state index in [9.17, 15) is 9.59 Å². The topological polar surface area (TPSA) is 106 Å². The molecule has 28 heavy (non-hydrogen) atoms. The van der Waals surface area contributed by atoms with Crippen molar-refractivity contribution in [2.45, 2.75) is 53.1 Å². The van der Waals surface area contributed by atoms with E-state index in [4.69, 9.17) is 10.5 Å². The van der Waals surface area contributed by atoms with Gasteiger partial charge in [0.1, 0.15) is 11.5 Å². The molecule has 2 aromatic heterocycles. The van der Waals surface area contributed by atoms with Gasteiger partial charge in [0.25, 0.3) is 5.56 Å². The molecule has 0 fully saturated rings. The van der Waals surface area contributed by atoms with Gasteiger partial charge in [0.15, 0.2) is 0 Å². The number of nitrogen functional groups attached to an aromatic ring is 1. The van der Waals surface area contributed by atoms with Crippen molar-refractivity contribution >= 4 is 22.8 Å². The molecule has 0 saturated heterocycles. The van der Waals surface area contributed by atoms with E-state index in [0.717, 1.165) is 17.1 Å². The number of aromatic amines is 1. The SMILES string of the molecule is COCCCN(Cc1csc(C(C)C)n1)c1c(N)n(CC(C)C)c(=O)[nH]c1=O. The minimum atomic E-state index is -0.479. The Balaban J connectivity index is 2.44. The summed E-state index contributed by atoms with van der Waals surface area (Å²) >= 11 is 1.61. The van der Waals surface area contributed by atoms with Crippen LogP contribution in [0.5, 0.6) is 0 Å². The van der Waals surface area contributed by atoms with Crippen LogP contribution in [-0.4, -0.2) is 34.8 Å².